The van der Waals surface area contributed by atoms with Gasteiger partial charge in [0, 0.05) is 22.4 Å². The Bertz CT molecular complexity index is 1100. The zero-order chi connectivity index (χ0) is 19.0. The number of rotatable bonds is 2. The quantitative estimate of drug-likeness (QED) is 0.505. The van der Waals surface area contributed by atoms with E-state index in [4.69, 9.17) is 12.2 Å². The molecule has 0 saturated carbocycles. The third-order valence-electron chi connectivity index (χ3n) is 4.48. The highest BCUT2D eigenvalue weighted by molar-refractivity contribution is 7.80. The molecule has 0 spiro atoms. The van der Waals surface area contributed by atoms with Gasteiger partial charge < -0.3 is 10.6 Å². The molecule has 1 aliphatic rings. The summed E-state index contributed by atoms with van der Waals surface area (Å²) in [6.07, 6.45) is 0. The van der Waals surface area contributed by atoms with Crippen molar-refractivity contribution in [3.05, 3.63) is 94.5 Å². The third-order valence-corrected chi connectivity index (χ3v) is 4.68. The minimum absolute atomic E-state index is 0.151. The molecule has 132 valence electrons. The summed E-state index contributed by atoms with van der Waals surface area (Å²) in [6, 6.07) is 19.9. The van der Waals surface area contributed by atoms with E-state index in [-0.39, 0.29) is 11.6 Å². The van der Waals surface area contributed by atoms with E-state index in [0.29, 0.717) is 33.1 Å². The normalized spacial score (nSPS) is 12.2. The van der Waals surface area contributed by atoms with E-state index in [9.17, 15) is 9.59 Å². The Morgan fingerprint density at radius 3 is 2.19 bits per heavy atom. The standard InChI is InChI=1S/C22H16N2O2S/c1-13-6-4-7-14(12-13)23-22(27)24-18-11-5-10-17-19(18)21(26)16-9-3-2-8-15(16)20(17)25/h2-12H,1H3,(H2,23,24,27). The molecule has 0 saturated heterocycles. The van der Waals surface area contributed by atoms with Crippen molar-refractivity contribution in [3.63, 3.8) is 0 Å². The van der Waals surface area contributed by atoms with Crippen LogP contribution in [0.15, 0.2) is 66.7 Å². The smallest absolute Gasteiger partial charge is 0.196 e. The van der Waals surface area contributed by atoms with E-state index in [1.54, 1.807) is 42.5 Å². The number of carbonyl (C=O) groups excluding carboxylic acids is 2. The highest BCUT2D eigenvalue weighted by atomic mass is 32.1. The number of aryl methyl sites for hydroxylation is 1. The molecule has 0 amide bonds. The third kappa shape index (κ3) is 3.13. The molecule has 3 aromatic carbocycles. The van der Waals surface area contributed by atoms with Gasteiger partial charge in [-0.1, -0.05) is 48.5 Å². The predicted octanol–water partition coefficient (Wildman–Crippen LogP) is 4.58. The highest BCUT2D eigenvalue weighted by Gasteiger charge is 2.31. The lowest BCUT2D eigenvalue weighted by molar-refractivity contribution is 0.0979. The van der Waals surface area contributed by atoms with Crippen molar-refractivity contribution < 1.29 is 9.59 Å². The number of hydrogen-bond acceptors (Lipinski definition) is 3. The van der Waals surface area contributed by atoms with Gasteiger partial charge in [0.05, 0.1) is 11.3 Å². The average molecular weight is 372 g/mol. The van der Waals surface area contributed by atoms with Crippen molar-refractivity contribution in [2.45, 2.75) is 6.92 Å². The molecule has 0 bridgehead atoms. The van der Waals surface area contributed by atoms with Gasteiger partial charge in [0.15, 0.2) is 16.7 Å². The molecule has 2 N–H and O–H groups in total. The maximum atomic E-state index is 13.0. The first-order chi connectivity index (χ1) is 13.0. The molecule has 4 rings (SSSR count). The summed E-state index contributed by atoms with van der Waals surface area (Å²) >= 11 is 5.39. The molecule has 0 heterocycles. The van der Waals surface area contributed by atoms with Crippen molar-refractivity contribution in [3.8, 4) is 0 Å². The Kier molecular flexibility index (Phi) is 4.30. The molecule has 27 heavy (non-hydrogen) atoms. The van der Waals surface area contributed by atoms with E-state index in [1.165, 1.54) is 0 Å². The van der Waals surface area contributed by atoms with E-state index < -0.39 is 0 Å². The van der Waals surface area contributed by atoms with Gasteiger partial charge in [0.2, 0.25) is 0 Å². The van der Waals surface area contributed by atoms with E-state index >= 15 is 0 Å². The SMILES string of the molecule is Cc1cccc(NC(=S)Nc2cccc3c2C(=O)c2ccccc2C3=O)c1. The number of anilines is 2. The number of thiocarbonyl (C=S) groups is 1. The minimum atomic E-state index is -0.179. The Balaban J connectivity index is 1.67. The second kappa shape index (κ2) is 6.78. The minimum Gasteiger partial charge on any atom is -0.332 e. The molecular weight excluding hydrogens is 356 g/mol. The summed E-state index contributed by atoms with van der Waals surface area (Å²) < 4.78 is 0. The summed E-state index contributed by atoms with van der Waals surface area (Å²) in [7, 11) is 0. The number of fused-ring (bicyclic) bond motifs is 2. The van der Waals surface area contributed by atoms with Crippen LogP contribution in [0.2, 0.25) is 0 Å². The zero-order valence-electron chi connectivity index (χ0n) is 14.6. The van der Waals surface area contributed by atoms with Gasteiger partial charge in [-0.05, 0) is 42.9 Å². The number of ketones is 2. The number of benzene rings is 3. The summed E-state index contributed by atoms with van der Waals surface area (Å²) in [5, 5.41) is 6.53. The van der Waals surface area contributed by atoms with Gasteiger partial charge in [0.1, 0.15) is 0 Å². The van der Waals surface area contributed by atoms with Gasteiger partial charge in [0.25, 0.3) is 0 Å². The molecule has 3 aromatic rings. The fourth-order valence-electron chi connectivity index (χ4n) is 3.26. The lowest BCUT2D eigenvalue weighted by Gasteiger charge is -2.21. The highest BCUT2D eigenvalue weighted by Crippen LogP contribution is 2.32. The van der Waals surface area contributed by atoms with Crippen LogP contribution >= 0.6 is 12.2 Å². The first kappa shape index (κ1) is 17.1. The van der Waals surface area contributed by atoms with Crippen LogP contribution in [0.5, 0.6) is 0 Å². The first-order valence-corrected chi connectivity index (χ1v) is 8.91. The van der Waals surface area contributed by atoms with Crippen molar-refractivity contribution in [1.82, 2.24) is 0 Å². The molecule has 0 unspecified atom stereocenters. The van der Waals surface area contributed by atoms with Gasteiger partial charge in [-0.15, -0.1) is 0 Å². The number of carbonyl (C=O) groups is 2. The van der Waals surface area contributed by atoms with Crippen LogP contribution in [0, 0.1) is 6.92 Å². The zero-order valence-corrected chi connectivity index (χ0v) is 15.4. The van der Waals surface area contributed by atoms with Crippen LogP contribution in [0.3, 0.4) is 0 Å². The Morgan fingerprint density at radius 2 is 1.44 bits per heavy atom. The molecule has 0 radical (unpaired) electrons. The monoisotopic (exact) mass is 372 g/mol. The van der Waals surface area contributed by atoms with Crippen molar-refractivity contribution >= 4 is 40.3 Å². The molecule has 5 heteroatoms. The maximum absolute atomic E-state index is 13.0. The number of hydrogen-bond donors (Lipinski definition) is 2. The first-order valence-electron chi connectivity index (χ1n) is 8.51. The second-order valence-electron chi connectivity index (χ2n) is 6.38. The van der Waals surface area contributed by atoms with E-state index in [0.717, 1.165) is 11.3 Å². The van der Waals surface area contributed by atoms with Crippen molar-refractivity contribution in [2.75, 3.05) is 10.6 Å². The van der Waals surface area contributed by atoms with Crippen LogP contribution in [0.1, 0.15) is 37.4 Å². The Morgan fingerprint density at radius 1 is 0.778 bits per heavy atom. The van der Waals surface area contributed by atoms with Crippen LogP contribution in [-0.4, -0.2) is 16.7 Å². The van der Waals surface area contributed by atoms with E-state index in [1.807, 2.05) is 31.2 Å². The second-order valence-corrected chi connectivity index (χ2v) is 6.79. The fourth-order valence-corrected chi connectivity index (χ4v) is 3.48. The predicted molar refractivity (Wildman–Crippen MR) is 111 cm³/mol. The summed E-state index contributed by atoms with van der Waals surface area (Å²) in [4.78, 5) is 25.8. The van der Waals surface area contributed by atoms with Crippen LogP contribution in [-0.2, 0) is 0 Å². The average Bonchev–Trinajstić information content (AvgIpc) is 2.66. The topological polar surface area (TPSA) is 58.2 Å². The van der Waals surface area contributed by atoms with Gasteiger partial charge in [-0.2, -0.15) is 0 Å². The Labute approximate surface area is 162 Å². The van der Waals surface area contributed by atoms with Gasteiger partial charge in [-0.25, -0.2) is 0 Å². The molecule has 1 aliphatic carbocycles. The lowest BCUT2D eigenvalue weighted by atomic mass is 9.83. The van der Waals surface area contributed by atoms with Gasteiger partial charge in [-0.3, -0.25) is 9.59 Å². The molecular formula is C22H16N2O2S. The van der Waals surface area contributed by atoms with Crippen LogP contribution in [0.4, 0.5) is 11.4 Å². The van der Waals surface area contributed by atoms with Gasteiger partial charge >= 0.3 is 0 Å². The van der Waals surface area contributed by atoms with Crippen LogP contribution < -0.4 is 10.6 Å². The van der Waals surface area contributed by atoms with Crippen molar-refractivity contribution in [2.24, 2.45) is 0 Å². The van der Waals surface area contributed by atoms with E-state index in [2.05, 4.69) is 10.6 Å². The molecule has 4 nitrogen and oxygen atoms in total. The molecule has 0 fully saturated rings. The molecule has 0 aliphatic heterocycles. The summed E-state index contributed by atoms with van der Waals surface area (Å²) in [5.41, 5.74) is 4.08. The van der Waals surface area contributed by atoms with Crippen LogP contribution in [0.25, 0.3) is 0 Å². The lowest BCUT2D eigenvalue weighted by Crippen LogP contribution is -2.25. The molecule has 0 atom stereocenters. The maximum Gasteiger partial charge on any atom is 0.196 e. The fraction of sp³-hybridized carbons (Fsp3) is 0.0455. The summed E-state index contributed by atoms with van der Waals surface area (Å²) in [6.45, 7) is 2.00. The van der Waals surface area contributed by atoms with Crippen molar-refractivity contribution in [1.29, 1.82) is 0 Å². The largest absolute Gasteiger partial charge is 0.332 e. The Hall–Kier alpha value is -3.31. The summed E-state index contributed by atoms with van der Waals surface area (Å²) in [5.74, 6) is -0.330. The molecule has 0 aromatic heterocycles. The number of nitrogens with one attached hydrogen (secondary N) is 2.